The molecule has 0 amide bonds. The van der Waals surface area contributed by atoms with Crippen LogP contribution in [0.2, 0.25) is 0 Å². The van der Waals surface area contributed by atoms with E-state index in [0.29, 0.717) is 0 Å². The minimum atomic E-state index is -0.205. The number of hydrogen-bond donors (Lipinski definition) is 1. The van der Waals surface area contributed by atoms with E-state index in [1.54, 1.807) is 12.1 Å². The van der Waals surface area contributed by atoms with Gasteiger partial charge >= 0.3 is 0 Å². The van der Waals surface area contributed by atoms with E-state index >= 15 is 0 Å². The minimum absolute atomic E-state index is 0.205. The van der Waals surface area contributed by atoms with E-state index in [-0.39, 0.29) is 5.82 Å². The molecule has 0 spiro atoms. The minimum Gasteiger partial charge on any atom is -0.359 e. The molecule has 0 aromatic heterocycles. The van der Waals surface area contributed by atoms with Gasteiger partial charge in [0.1, 0.15) is 5.82 Å². The number of rotatable bonds is 1. The average Bonchev–Trinajstić information content (AvgIpc) is 2.19. The van der Waals surface area contributed by atoms with Crippen LogP contribution < -0.4 is 5.32 Å². The van der Waals surface area contributed by atoms with Crippen molar-refractivity contribution in [1.29, 1.82) is 0 Å². The van der Waals surface area contributed by atoms with Crippen molar-refractivity contribution in [3.05, 3.63) is 54.0 Å². The summed E-state index contributed by atoms with van der Waals surface area (Å²) in [5, 5.41) is 3.20. The molecule has 0 aliphatic carbocycles. The lowest BCUT2D eigenvalue weighted by Crippen LogP contribution is -2.14. The predicted octanol–water partition coefficient (Wildman–Crippen LogP) is 3.06. The van der Waals surface area contributed by atoms with Crippen LogP contribution in [0.1, 0.15) is 18.4 Å². The van der Waals surface area contributed by atoms with E-state index in [9.17, 15) is 4.39 Å². The van der Waals surface area contributed by atoms with Crippen molar-refractivity contribution in [3.8, 4) is 0 Å². The van der Waals surface area contributed by atoms with Crippen molar-refractivity contribution in [2.75, 3.05) is 0 Å². The van der Waals surface area contributed by atoms with Crippen molar-refractivity contribution >= 4 is 5.70 Å². The fourth-order valence-corrected chi connectivity index (χ4v) is 1.51. The quantitative estimate of drug-likeness (QED) is 0.716. The highest BCUT2D eigenvalue weighted by atomic mass is 19.1. The third-order valence-electron chi connectivity index (χ3n) is 2.26. The Hall–Kier alpha value is -1.57. The van der Waals surface area contributed by atoms with Gasteiger partial charge in [-0.05, 0) is 30.5 Å². The van der Waals surface area contributed by atoms with Crippen molar-refractivity contribution in [1.82, 2.24) is 5.32 Å². The Labute approximate surface area is 83.0 Å². The van der Waals surface area contributed by atoms with Gasteiger partial charge in [-0.25, -0.2) is 4.39 Å². The lowest BCUT2D eigenvalue weighted by Gasteiger charge is -2.17. The first-order chi connectivity index (χ1) is 6.75. The summed E-state index contributed by atoms with van der Waals surface area (Å²) in [6.07, 6.45) is 4.09. The molecule has 0 saturated heterocycles. The Morgan fingerprint density at radius 1 is 1.21 bits per heavy atom. The Kier molecular flexibility index (Phi) is 2.35. The summed E-state index contributed by atoms with van der Waals surface area (Å²) >= 11 is 0. The molecule has 0 fully saturated rings. The lowest BCUT2D eigenvalue weighted by molar-refractivity contribution is 0.627. The molecule has 1 aromatic rings. The fraction of sp³-hybridized carbons (Fsp3) is 0.167. The van der Waals surface area contributed by atoms with Crippen LogP contribution in [0.3, 0.4) is 0 Å². The Bertz CT molecular complexity index is 376. The highest BCUT2D eigenvalue weighted by molar-refractivity contribution is 5.66. The molecule has 0 unspecified atom stereocenters. The summed E-state index contributed by atoms with van der Waals surface area (Å²) in [5.74, 6) is -0.205. The van der Waals surface area contributed by atoms with E-state index < -0.39 is 0 Å². The number of halogens is 1. The van der Waals surface area contributed by atoms with E-state index in [1.807, 2.05) is 0 Å². The molecule has 0 bridgehead atoms. The number of allylic oxidation sites excluding steroid dienone is 2. The molecule has 1 nitrogen and oxygen atoms in total. The van der Waals surface area contributed by atoms with Gasteiger partial charge in [-0.3, -0.25) is 0 Å². The summed E-state index contributed by atoms with van der Waals surface area (Å²) < 4.78 is 12.7. The van der Waals surface area contributed by atoms with Gasteiger partial charge in [0.2, 0.25) is 0 Å². The number of benzene rings is 1. The van der Waals surface area contributed by atoms with Crippen LogP contribution in [0.25, 0.3) is 5.70 Å². The molecule has 0 saturated carbocycles. The maximum Gasteiger partial charge on any atom is 0.123 e. The molecule has 14 heavy (non-hydrogen) atoms. The van der Waals surface area contributed by atoms with Crippen molar-refractivity contribution in [3.63, 3.8) is 0 Å². The van der Waals surface area contributed by atoms with Crippen LogP contribution in [-0.2, 0) is 0 Å². The molecule has 2 rings (SSSR count). The highest BCUT2D eigenvalue weighted by Gasteiger charge is 2.07. The SMILES string of the molecule is C=C1CCC=C(c2ccc(F)cc2)N1. The molecular formula is C12H12FN. The maximum absolute atomic E-state index is 12.7. The highest BCUT2D eigenvalue weighted by Crippen LogP contribution is 2.20. The predicted molar refractivity (Wildman–Crippen MR) is 55.9 cm³/mol. The standard InChI is InChI=1S/C12H12FN/c1-9-3-2-4-12(14-9)10-5-7-11(13)8-6-10/h4-8,14H,1-3H2. The van der Waals surface area contributed by atoms with Gasteiger partial charge in [0.05, 0.1) is 0 Å². The zero-order chi connectivity index (χ0) is 9.97. The van der Waals surface area contributed by atoms with Gasteiger partial charge in [0.15, 0.2) is 0 Å². The number of nitrogens with one attached hydrogen (secondary N) is 1. The third kappa shape index (κ3) is 1.84. The molecule has 0 radical (unpaired) electrons. The molecule has 2 heteroatoms. The van der Waals surface area contributed by atoms with Crippen LogP contribution in [-0.4, -0.2) is 0 Å². The molecule has 1 aliphatic rings. The Balaban J connectivity index is 2.26. The van der Waals surface area contributed by atoms with Gasteiger partial charge in [-0.1, -0.05) is 24.8 Å². The molecule has 1 N–H and O–H groups in total. The number of hydrogen-bond acceptors (Lipinski definition) is 1. The lowest BCUT2D eigenvalue weighted by atomic mass is 10.1. The third-order valence-corrected chi connectivity index (χ3v) is 2.26. The normalized spacial score (nSPS) is 16.1. The van der Waals surface area contributed by atoms with Crippen molar-refractivity contribution in [2.24, 2.45) is 0 Å². The van der Waals surface area contributed by atoms with Crippen LogP contribution in [0.15, 0.2) is 42.6 Å². The summed E-state index contributed by atoms with van der Waals surface area (Å²) in [7, 11) is 0. The van der Waals surface area contributed by atoms with E-state index in [1.165, 1.54) is 12.1 Å². The average molecular weight is 189 g/mol. The molecule has 1 heterocycles. The van der Waals surface area contributed by atoms with E-state index in [0.717, 1.165) is 29.8 Å². The first-order valence-corrected chi connectivity index (χ1v) is 4.66. The molecule has 0 atom stereocenters. The summed E-state index contributed by atoms with van der Waals surface area (Å²) in [4.78, 5) is 0. The molecule has 72 valence electrons. The second-order valence-electron chi connectivity index (χ2n) is 3.39. The topological polar surface area (TPSA) is 12.0 Å². The zero-order valence-electron chi connectivity index (χ0n) is 7.89. The largest absolute Gasteiger partial charge is 0.359 e. The summed E-state index contributed by atoms with van der Waals surface area (Å²) in [6.45, 7) is 3.88. The zero-order valence-corrected chi connectivity index (χ0v) is 7.89. The fourth-order valence-electron chi connectivity index (χ4n) is 1.51. The van der Waals surface area contributed by atoms with Crippen molar-refractivity contribution < 1.29 is 4.39 Å². The Morgan fingerprint density at radius 3 is 2.57 bits per heavy atom. The van der Waals surface area contributed by atoms with E-state index in [4.69, 9.17) is 0 Å². The van der Waals surface area contributed by atoms with Gasteiger partial charge in [0, 0.05) is 11.4 Å². The van der Waals surface area contributed by atoms with Gasteiger partial charge < -0.3 is 5.32 Å². The monoisotopic (exact) mass is 189 g/mol. The molecular weight excluding hydrogens is 177 g/mol. The first-order valence-electron chi connectivity index (χ1n) is 4.66. The molecule has 1 aromatic carbocycles. The second-order valence-corrected chi connectivity index (χ2v) is 3.39. The van der Waals surface area contributed by atoms with Crippen LogP contribution in [0.4, 0.5) is 4.39 Å². The van der Waals surface area contributed by atoms with Gasteiger partial charge in [-0.2, -0.15) is 0 Å². The van der Waals surface area contributed by atoms with Crippen LogP contribution >= 0.6 is 0 Å². The van der Waals surface area contributed by atoms with Crippen LogP contribution in [0, 0.1) is 5.82 Å². The van der Waals surface area contributed by atoms with Gasteiger partial charge in [-0.15, -0.1) is 0 Å². The first kappa shape index (κ1) is 9.00. The van der Waals surface area contributed by atoms with Crippen molar-refractivity contribution in [2.45, 2.75) is 12.8 Å². The second kappa shape index (κ2) is 3.66. The van der Waals surface area contributed by atoms with E-state index in [2.05, 4.69) is 18.0 Å². The van der Waals surface area contributed by atoms with Crippen LogP contribution in [0.5, 0.6) is 0 Å². The molecule has 1 aliphatic heterocycles. The van der Waals surface area contributed by atoms with Gasteiger partial charge in [0.25, 0.3) is 0 Å². The smallest absolute Gasteiger partial charge is 0.123 e. The Morgan fingerprint density at radius 2 is 1.93 bits per heavy atom. The maximum atomic E-state index is 12.7. The summed E-state index contributed by atoms with van der Waals surface area (Å²) in [6, 6.07) is 6.48. The summed E-state index contributed by atoms with van der Waals surface area (Å²) in [5.41, 5.74) is 3.06.